The van der Waals surface area contributed by atoms with Crippen LogP contribution in [0.5, 0.6) is 0 Å². The lowest BCUT2D eigenvalue weighted by Gasteiger charge is -2.31. The predicted octanol–water partition coefficient (Wildman–Crippen LogP) is 1.81. The molecule has 4 rings (SSSR count). The van der Waals surface area contributed by atoms with Crippen LogP contribution in [-0.4, -0.2) is 60.0 Å². The van der Waals surface area contributed by atoms with Crippen LogP contribution in [0.2, 0.25) is 0 Å². The fourth-order valence-electron chi connectivity index (χ4n) is 4.09. The van der Waals surface area contributed by atoms with Crippen LogP contribution in [0.3, 0.4) is 0 Å². The minimum absolute atomic E-state index is 0.0154. The fraction of sp³-hybridized carbons (Fsp3) is 0.435. The summed E-state index contributed by atoms with van der Waals surface area (Å²) in [6.45, 7) is 2.50. The van der Waals surface area contributed by atoms with Gasteiger partial charge >= 0.3 is 0 Å². The molecule has 1 aliphatic carbocycles. The molecule has 8 heteroatoms. The van der Waals surface area contributed by atoms with Gasteiger partial charge in [0.1, 0.15) is 11.5 Å². The molecule has 1 saturated heterocycles. The van der Waals surface area contributed by atoms with Gasteiger partial charge in [0.05, 0.1) is 0 Å². The summed E-state index contributed by atoms with van der Waals surface area (Å²) in [4.78, 5) is 36.5. The summed E-state index contributed by atoms with van der Waals surface area (Å²) in [7, 11) is 1.83. The van der Waals surface area contributed by atoms with E-state index in [1.165, 1.54) is 12.8 Å². The van der Waals surface area contributed by atoms with E-state index in [1.54, 1.807) is 24.5 Å². The molecule has 0 aromatic carbocycles. The zero-order valence-corrected chi connectivity index (χ0v) is 17.9. The summed E-state index contributed by atoms with van der Waals surface area (Å²) >= 11 is 0. The van der Waals surface area contributed by atoms with E-state index < -0.39 is 0 Å². The summed E-state index contributed by atoms with van der Waals surface area (Å²) in [5.74, 6) is 1.37. The number of hydrogen-bond acceptors (Lipinski definition) is 6. The Balaban J connectivity index is 1.61. The van der Waals surface area contributed by atoms with Crippen molar-refractivity contribution in [1.29, 1.82) is 0 Å². The number of pyridine rings is 2. The van der Waals surface area contributed by atoms with Crippen molar-refractivity contribution >= 4 is 17.4 Å². The Kier molecular flexibility index (Phi) is 6.36. The number of aromatic nitrogens is 2. The lowest BCUT2D eigenvalue weighted by atomic mass is 10.1. The van der Waals surface area contributed by atoms with Crippen LogP contribution in [0.4, 0.5) is 11.5 Å². The Hall–Kier alpha value is -3.13. The summed E-state index contributed by atoms with van der Waals surface area (Å²) < 4.78 is 0. The Morgan fingerprint density at radius 1 is 1.35 bits per heavy atom. The molecule has 1 aliphatic heterocycles. The first kappa shape index (κ1) is 21.1. The number of anilines is 2. The van der Waals surface area contributed by atoms with Crippen LogP contribution in [0.25, 0.3) is 11.1 Å². The van der Waals surface area contributed by atoms with Crippen LogP contribution >= 0.6 is 0 Å². The second-order valence-electron chi connectivity index (χ2n) is 8.24. The van der Waals surface area contributed by atoms with Crippen molar-refractivity contribution in [2.75, 3.05) is 43.4 Å². The van der Waals surface area contributed by atoms with Gasteiger partial charge in [0.15, 0.2) is 0 Å². The van der Waals surface area contributed by atoms with Gasteiger partial charge in [-0.05, 0) is 48.9 Å². The number of H-pyrrole nitrogens is 1. The van der Waals surface area contributed by atoms with Crippen molar-refractivity contribution in [3.63, 3.8) is 0 Å². The zero-order chi connectivity index (χ0) is 21.8. The lowest BCUT2D eigenvalue weighted by Crippen LogP contribution is -2.42. The van der Waals surface area contributed by atoms with Gasteiger partial charge in [0.2, 0.25) is 5.91 Å². The highest BCUT2D eigenvalue weighted by Crippen LogP contribution is 2.34. The van der Waals surface area contributed by atoms with Gasteiger partial charge in [0.25, 0.3) is 5.56 Å². The summed E-state index contributed by atoms with van der Waals surface area (Å²) in [6, 6.07) is 5.98. The van der Waals surface area contributed by atoms with Crippen LogP contribution < -0.4 is 21.5 Å². The first-order chi connectivity index (χ1) is 15.1. The first-order valence-corrected chi connectivity index (χ1v) is 10.9. The van der Waals surface area contributed by atoms with Gasteiger partial charge < -0.3 is 25.8 Å². The summed E-state index contributed by atoms with van der Waals surface area (Å²) in [5, 5.41) is 3.05. The predicted molar refractivity (Wildman–Crippen MR) is 123 cm³/mol. The number of hydrogen-bond donors (Lipinski definition) is 3. The molecule has 0 spiro atoms. The van der Waals surface area contributed by atoms with Gasteiger partial charge in [-0.25, -0.2) is 4.98 Å². The molecular formula is C23H30N6O2. The number of amides is 1. The van der Waals surface area contributed by atoms with Gasteiger partial charge in [-0.1, -0.05) is 6.08 Å². The quantitative estimate of drug-likeness (QED) is 0.560. The molecule has 1 saturated carbocycles. The maximum absolute atomic E-state index is 12.9. The van der Waals surface area contributed by atoms with Crippen LogP contribution in [0.1, 0.15) is 19.3 Å². The number of likely N-dealkylation sites (tertiary alicyclic amines) is 1. The smallest absolute Gasteiger partial charge is 0.271 e. The molecule has 1 atom stereocenters. The molecular weight excluding hydrogens is 392 g/mol. The topological polar surface area (TPSA) is 107 Å². The Labute approximate surface area is 182 Å². The SMILES string of the molecule is CNc1cc(-c2c[nH]c(=O)c(N(CC3CC3)[C@H]3CCN(C(=O)/C=C/CN)C3)c2)ccn1. The number of carbonyl (C=O) groups is 1. The third-order valence-corrected chi connectivity index (χ3v) is 6.01. The molecule has 0 radical (unpaired) electrons. The highest BCUT2D eigenvalue weighted by atomic mass is 16.2. The highest BCUT2D eigenvalue weighted by molar-refractivity contribution is 5.88. The van der Waals surface area contributed by atoms with E-state index in [4.69, 9.17) is 5.73 Å². The van der Waals surface area contributed by atoms with Crippen molar-refractivity contribution in [1.82, 2.24) is 14.9 Å². The Morgan fingerprint density at radius 3 is 2.94 bits per heavy atom. The van der Waals surface area contributed by atoms with Gasteiger partial charge in [-0.2, -0.15) is 0 Å². The minimum atomic E-state index is -0.0971. The van der Waals surface area contributed by atoms with Crippen LogP contribution in [0.15, 0.2) is 47.5 Å². The molecule has 2 aliphatic rings. The average Bonchev–Trinajstić information content (AvgIpc) is 3.49. The molecule has 8 nitrogen and oxygen atoms in total. The third kappa shape index (κ3) is 4.96. The second kappa shape index (κ2) is 9.34. The Bertz CT molecular complexity index is 1010. The molecule has 2 fully saturated rings. The van der Waals surface area contributed by atoms with Crippen molar-refractivity contribution in [2.45, 2.75) is 25.3 Å². The first-order valence-electron chi connectivity index (χ1n) is 10.9. The van der Waals surface area contributed by atoms with E-state index in [1.807, 2.05) is 30.1 Å². The monoisotopic (exact) mass is 422 g/mol. The largest absolute Gasteiger partial charge is 0.373 e. The number of aromatic amines is 1. The standard InChI is InChI=1S/C23H30N6O2/c1-25-21-12-17(6-9-26-21)18-11-20(23(31)27-13-18)29(14-16-4-5-16)19-7-10-28(15-19)22(30)3-2-8-24/h2-3,6,9,11-13,16,19H,4-5,7-8,10,14-15,24H2,1H3,(H,25,26)(H,27,31)/b3-2+/t19-/m0/s1. The molecule has 2 aromatic rings. The normalized spacial score (nSPS) is 18.5. The van der Waals surface area contributed by atoms with Crippen LogP contribution in [-0.2, 0) is 4.79 Å². The van der Waals surface area contributed by atoms with Gasteiger partial charge in [0, 0.05) is 63.3 Å². The van der Waals surface area contributed by atoms with Crippen molar-refractivity contribution in [2.24, 2.45) is 11.7 Å². The zero-order valence-electron chi connectivity index (χ0n) is 17.9. The van der Waals surface area contributed by atoms with Crippen molar-refractivity contribution < 1.29 is 4.79 Å². The summed E-state index contributed by atoms with van der Waals surface area (Å²) in [5.41, 5.74) is 7.97. The van der Waals surface area contributed by atoms with Gasteiger partial charge in [-0.15, -0.1) is 0 Å². The average molecular weight is 423 g/mol. The van der Waals surface area contributed by atoms with E-state index in [-0.39, 0.29) is 17.5 Å². The van der Waals surface area contributed by atoms with E-state index in [0.29, 0.717) is 31.2 Å². The van der Waals surface area contributed by atoms with E-state index >= 15 is 0 Å². The maximum Gasteiger partial charge on any atom is 0.271 e. The third-order valence-electron chi connectivity index (χ3n) is 6.01. The lowest BCUT2D eigenvalue weighted by molar-refractivity contribution is -0.125. The summed E-state index contributed by atoms with van der Waals surface area (Å²) in [6.07, 6.45) is 9.96. The second-order valence-corrected chi connectivity index (χ2v) is 8.24. The number of nitrogens with one attached hydrogen (secondary N) is 2. The molecule has 2 aromatic heterocycles. The highest BCUT2D eigenvalue weighted by Gasteiger charge is 2.34. The van der Waals surface area contributed by atoms with E-state index in [2.05, 4.69) is 20.2 Å². The number of nitrogens with zero attached hydrogens (tertiary/aromatic N) is 3. The van der Waals surface area contributed by atoms with E-state index in [0.717, 1.165) is 29.9 Å². The minimum Gasteiger partial charge on any atom is -0.373 e. The molecule has 0 bridgehead atoms. The van der Waals surface area contributed by atoms with E-state index in [9.17, 15) is 9.59 Å². The number of nitrogens with two attached hydrogens (primary N) is 1. The molecule has 0 unspecified atom stereocenters. The molecule has 1 amide bonds. The Morgan fingerprint density at radius 2 is 2.19 bits per heavy atom. The fourth-order valence-corrected chi connectivity index (χ4v) is 4.09. The van der Waals surface area contributed by atoms with Crippen LogP contribution in [0, 0.1) is 5.92 Å². The van der Waals surface area contributed by atoms with Crippen molar-refractivity contribution in [3.05, 3.63) is 53.1 Å². The van der Waals surface area contributed by atoms with Gasteiger partial charge in [-0.3, -0.25) is 9.59 Å². The number of carbonyl (C=O) groups excluding carboxylic acids is 1. The number of rotatable bonds is 8. The molecule has 4 N–H and O–H groups in total. The molecule has 164 valence electrons. The molecule has 31 heavy (non-hydrogen) atoms. The van der Waals surface area contributed by atoms with Crippen molar-refractivity contribution in [3.8, 4) is 11.1 Å². The molecule has 3 heterocycles. The maximum atomic E-state index is 12.9.